The number of rotatable bonds is 11. The van der Waals surface area contributed by atoms with Crippen LogP contribution in [0, 0.1) is 16.7 Å². The van der Waals surface area contributed by atoms with Crippen molar-refractivity contribution >= 4 is 11.7 Å². The number of hydrogen-bond acceptors (Lipinski definition) is 4. The van der Waals surface area contributed by atoms with Crippen LogP contribution in [0.15, 0.2) is 0 Å². The van der Waals surface area contributed by atoms with Crippen LogP contribution in [0.4, 0.5) is 0 Å². The van der Waals surface area contributed by atoms with E-state index in [1.54, 1.807) is 7.11 Å². The number of Topliss-reactive ketones (excluding diaryl/α,β-unsaturated/α-hetero) is 1. The topological polar surface area (TPSA) is 64.6 Å². The van der Waals surface area contributed by atoms with Crippen molar-refractivity contribution in [1.82, 2.24) is 5.32 Å². The molecule has 0 fully saturated rings. The lowest BCUT2D eigenvalue weighted by atomic mass is 9.83. The first-order valence-corrected chi connectivity index (χ1v) is 8.00. The molecule has 0 spiro atoms. The first-order chi connectivity index (χ1) is 10.1. The van der Waals surface area contributed by atoms with E-state index in [1.165, 1.54) is 0 Å². The highest BCUT2D eigenvalue weighted by atomic mass is 16.5. The van der Waals surface area contributed by atoms with E-state index in [-0.39, 0.29) is 17.6 Å². The Kier molecular flexibility index (Phi) is 8.86. The van der Waals surface area contributed by atoms with Gasteiger partial charge >= 0.3 is 0 Å². The zero-order chi connectivity index (χ0) is 17.4. The van der Waals surface area contributed by atoms with Gasteiger partial charge in [0.1, 0.15) is 5.78 Å². The van der Waals surface area contributed by atoms with E-state index in [9.17, 15) is 9.59 Å². The van der Waals surface area contributed by atoms with Gasteiger partial charge in [-0.05, 0) is 13.3 Å². The van der Waals surface area contributed by atoms with Crippen molar-refractivity contribution in [3.8, 4) is 0 Å². The number of hydrogen-bond donors (Lipinski definition) is 1. The number of nitrogens with one attached hydrogen (secondary N) is 1. The van der Waals surface area contributed by atoms with Gasteiger partial charge in [0.2, 0.25) is 5.91 Å². The fourth-order valence-corrected chi connectivity index (χ4v) is 2.19. The molecule has 1 amide bonds. The third kappa shape index (κ3) is 6.44. The molecule has 0 rings (SSSR count). The number of ketones is 1. The van der Waals surface area contributed by atoms with Gasteiger partial charge in [-0.3, -0.25) is 9.59 Å². The molecule has 0 bridgehead atoms. The summed E-state index contributed by atoms with van der Waals surface area (Å²) in [5.41, 5.74) is -1.12. The summed E-state index contributed by atoms with van der Waals surface area (Å²) in [6, 6.07) is 0. The van der Waals surface area contributed by atoms with Gasteiger partial charge in [-0.1, -0.05) is 34.6 Å². The van der Waals surface area contributed by atoms with Gasteiger partial charge in [-0.15, -0.1) is 0 Å². The Morgan fingerprint density at radius 2 is 1.73 bits per heavy atom. The van der Waals surface area contributed by atoms with Crippen LogP contribution in [0.1, 0.15) is 48.0 Å². The first kappa shape index (κ1) is 21.1. The Bertz CT molecular complexity index is 366. The molecule has 0 aliphatic carbocycles. The van der Waals surface area contributed by atoms with Crippen molar-refractivity contribution in [3.63, 3.8) is 0 Å². The summed E-state index contributed by atoms with van der Waals surface area (Å²) in [4.78, 5) is 24.4. The van der Waals surface area contributed by atoms with E-state index in [0.717, 1.165) is 0 Å². The van der Waals surface area contributed by atoms with Crippen molar-refractivity contribution in [2.45, 2.75) is 48.0 Å². The molecule has 0 aromatic rings. The van der Waals surface area contributed by atoms with Gasteiger partial charge in [-0.25, -0.2) is 0 Å². The molecule has 1 N–H and O–H groups in total. The van der Waals surface area contributed by atoms with Gasteiger partial charge in [0, 0.05) is 25.0 Å². The van der Waals surface area contributed by atoms with E-state index < -0.39 is 10.8 Å². The maximum Gasteiger partial charge on any atom is 0.228 e. The molecule has 0 heterocycles. The highest BCUT2D eigenvalue weighted by Crippen LogP contribution is 2.26. The molecule has 0 aromatic heterocycles. The number of carbonyl (C=O) groups is 2. The summed E-state index contributed by atoms with van der Waals surface area (Å²) >= 11 is 0. The first-order valence-electron chi connectivity index (χ1n) is 8.00. The molecular weight excluding hydrogens is 282 g/mol. The molecule has 0 saturated carbocycles. The van der Waals surface area contributed by atoms with Crippen molar-refractivity contribution in [2.75, 3.05) is 33.5 Å². The summed E-state index contributed by atoms with van der Waals surface area (Å²) in [6.07, 6.45) is 0.671. The Morgan fingerprint density at radius 3 is 2.18 bits per heavy atom. The molecule has 0 aliphatic rings. The second-order valence-electron chi connectivity index (χ2n) is 7.06. The molecule has 5 heteroatoms. The molecule has 5 nitrogen and oxygen atoms in total. The SMILES string of the molecule is CCC(C)(COCC(C)(C)C(=O)C(C)C)C(=O)NCCOC. The molecule has 1 unspecified atom stereocenters. The summed E-state index contributed by atoms with van der Waals surface area (Å²) in [5.74, 6) is 0.115. The Hall–Kier alpha value is -0.940. The average molecular weight is 315 g/mol. The van der Waals surface area contributed by atoms with E-state index >= 15 is 0 Å². The highest BCUT2D eigenvalue weighted by Gasteiger charge is 2.34. The van der Waals surface area contributed by atoms with Crippen LogP contribution in [-0.2, 0) is 19.1 Å². The molecule has 0 aliphatic heterocycles. The van der Waals surface area contributed by atoms with E-state index in [1.807, 2.05) is 41.5 Å². The number of methoxy groups -OCH3 is 1. The maximum absolute atomic E-state index is 12.3. The summed E-state index contributed by atoms with van der Waals surface area (Å²) < 4.78 is 10.7. The predicted molar refractivity (Wildman–Crippen MR) is 87.7 cm³/mol. The third-order valence-corrected chi connectivity index (χ3v) is 4.00. The van der Waals surface area contributed by atoms with Gasteiger partial charge in [0.05, 0.1) is 25.2 Å². The fraction of sp³-hybridized carbons (Fsp3) is 0.882. The lowest BCUT2D eigenvalue weighted by Crippen LogP contribution is -2.44. The van der Waals surface area contributed by atoms with E-state index in [0.29, 0.717) is 32.8 Å². The molecule has 130 valence electrons. The standard InChI is InChI=1S/C17H33NO4/c1-8-17(6,15(20)18-9-10-21-7)12-22-11-16(4,5)14(19)13(2)3/h13H,8-12H2,1-7H3,(H,18,20). The average Bonchev–Trinajstić information content (AvgIpc) is 2.45. The molecular formula is C17H33NO4. The van der Waals surface area contributed by atoms with Crippen molar-refractivity contribution < 1.29 is 19.1 Å². The highest BCUT2D eigenvalue weighted by molar-refractivity contribution is 5.85. The minimum atomic E-state index is -0.593. The maximum atomic E-state index is 12.3. The van der Waals surface area contributed by atoms with E-state index in [4.69, 9.17) is 9.47 Å². The number of ether oxygens (including phenoxy) is 2. The molecule has 1 atom stereocenters. The fourth-order valence-electron chi connectivity index (χ4n) is 2.19. The van der Waals surface area contributed by atoms with Crippen molar-refractivity contribution in [1.29, 1.82) is 0 Å². The number of carbonyl (C=O) groups excluding carboxylic acids is 2. The van der Waals surface area contributed by atoms with Crippen LogP contribution >= 0.6 is 0 Å². The zero-order valence-corrected chi connectivity index (χ0v) is 15.2. The van der Waals surface area contributed by atoms with Crippen LogP contribution in [0.25, 0.3) is 0 Å². The van der Waals surface area contributed by atoms with Gasteiger partial charge < -0.3 is 14.8 Å². The van der Waals surface area contributed by atoms with Crippen molar-refractivity contribution in [2.24, 2.45) is 16.7 Å². The van der Waals surface area contributed by atoms with Crippen LogP contribution in [0.3, 0.4) is 0 Å². The largest absolute Gasteiger partial charge is 0.383 e. The lowest BCUT2D eigenvalue weighted by molar-refractivity contribution is -0.138. The number of amides is 1. The summed E-state index contributed by atoms with van der Waals surface area (Å²) in [6.45, 7) is 13.0. The molecule has 0 aromatic carbocycles. The van der Waals surface area contributed by atoms with Crippen LogP contribution < -0.4 is 5.32 Å². The van der Waals surface area contributed by atoms with Gasteiger partial charge in [-0.2, -0.15) is 0 Å². The monoisotopic (exact) mass is 315 g/mol. The van der Waals surface area contributed by atoms with Crippen LogP contribution in [0.5, 0.6) is 0 Å². The lowest BCUT2D eigenvalue weighted by Gasteiger charge is -2.30. The Morgan fingerprint density at radius 1 is 1.14 bits per heavy atom. The van der Waals surface area contributed by atoms with Crippen LogP contribution in [-0.4, -0.2) is 45.2 Å². The minimum Gasteiger partial charge on any atom is -0.383 e. The molecule has 0 radical (unpaired) electrons. The zero-order valence-electron chi connectivity index (χ0n) is 15.2. The normalized spacial score (nSPS) is 14.7. The van der Waals surface area contributed by atoms with Crippen LogP contribution in [0.2, 0.25) is 0 Å². The van der Waals surface area contributed by atoms with Gasteiger partial charge in [0.25, 0.3) is 0 Å². The Balaban J connectivity index is 4.50. The minimum absolute atomic E-state index is 0.0199. The quantitative estimate of drug-likeness (QED) is 0.595. The van der Waals surface area contributed by atoms with Crippen molar-refractivity contribution in [3.05, 3.63) is 0 Å². The second-order valence-corrected chi connectivity index (χ2v) is 7.06. The summed E-state index contributed by atoms with van der Waals surface area (Å²) in [7, 11) is 1.60. The molecule has 0 saturated heterocycles. The summed E-state index contributed by atoms with van der Waals surface area (Å²) in [5, 5.41) is 2.85. The third-order valence-electron chi connectivity index (χ3n) is 4.00. The smallest absolute Gasteiger partial charge is 0.228 e. The molecule has 22 heavy (non-hydrogen) atoms. The van der Waals surface area contributed by atoms with E-state index in [2.05, 4.69) is 5.32 Å². The van der Waals surface area contributed by atoms with Gasteiger partial charge in [0.15, 0.2) is 0 Å². The Labute approximate surface area is 135 Å². The predicted octanol–water partition coefficient (Wildman–Crippen LogP) is 2.43. The second kappa shape index (κ2) is 9.26.